The Hall–Kier alpha value is -1.62. The minimum atomic E-state index is -4.10. The monoisotopic (exact) mass is 420 g/mol. The number of nitrogens with zero attached hydrogens (tertiary/aromatic N) is 1. The summed E-state index contributed by atoms with van der Waals surface area (Å²) in [6.45, 7) is 6.37. The summed E-state index contributed by atoms with van der Waals surface area (Å²) < 4.78 is 58.8. The van der Waals surface area contributed by atoms with Crippen LogP contribution in [0, 0.1) is 11.6 Å². The molecule has 10 heteroatoms. The molecule has 0 spiro atoms. The van der Waals surface area contributed by atoms with Crippen LogP contribution < -0.4 is 10.2 Å². The van der Waals surface area contributed by atoms with Gasteiger partial charge in [-0.2, -0.15) is 4.31 Å². The largest absolute Gasteiger partial charge is 0.379 e. The Morgan fingerprint density at radius 3 is 2.61 bits per heavy atom. The molecule has 2 N–H and O–H groups in total. The summed E-state index contributed by atoms with van der Waals surface area (Å²) >= 11 is 0. The molecule has 0 aliphatic carbocycles. The number of piperazine rings is 1. The van der Waals surface area contributed by atoms with Crippen LogP contribution in [-0.2, 0) is 19.6 Å². The topological polar surface area (TPSA) is 80.2 Å². The molecule has 1 amide bonds. The highest BCUT2D eigenvalue weighted by atomic mass is 32.2. The Labute approximate surface area is 164 Å². The van der Waals surface area contributed by atoms with E-state index in [1.165, 1.54) is 0 Å². The van der Waals surface area contributed by atoms with E-state index >= 15 is 0 Å². The van der Waals surface area contributed by atoms with Gasteiger partial charge in [0.25, 0.3) is 5.91 Å². The van der Waals surface area contributed by atoms with Gasteiger partial charge < -0.3 is 15.0 Å². The number of hydrogen-bond acceptors (Lipinski definition) is 4. The predicted octanol–water partition coefficient (Wildman–Crippen LogP) is -0.215. The molecule has 1 saturated heterocycles. The zero-order valence-corrected chi connectivity index (χ0v) is 17.0. The highest BCUT2D eigenvalue weighted by molar-refractivity contribution is 7.89. The maximum absolute atomic E-state index is 13.8. The molecule has 0 saturated carbocycles. The lowest BCUT2D eigenvalue weighted by molar-refractivity contribution is -0.895. The fourth-order valence-corrected chi connectivity index (χ4v) is 4.46. The van der Waals surface area contributed by atoms with Crippen LogP contribution in [0.3, 0.4) is 0 Å². The molecular formula is C18H28F2N3O4S+. The molecule has 1 aromatic rings. The molecule has 1 aliphatic rings. The van der Waals surface area contributed by atoms with Gasteiger partial charge in [-0.05, 0) is 38.5 Å². The number of ether oxygens (including phenoxy) is 1. The molecular weight excluding hydrogens is 392 g/mol. The van der Waals surface area contributed by atoms with E-state index in [4.69, 9.17) is 4.74 Å². The van der Waals surface area contributed by atoms with E-state index in [1.54, 1.807) is 0 Å². The van der Waals surface area contributed by atoms with E-state index in [-0.39, 0.29) is 31.6 Å². The molecule has 1 heterocycles. The normalized spacial score (nSPS) is 16.5. The molecule has 28 heavy (non-hydrogen) atoms. The number of halogens is 2. The maximum atomic E-state index is 13.8. The van der Waals surface area contributed by atoms with E-state index in [9.17, 15) is 22.0 Å². The van der Waals surface area contributed by atoms with Gasteiger partial charge in [0.1, 0.15) is 16.5 Å². The fraction of sp³-hybridized carbons (Fsp3) is 0.611. The number of carbonyl (C=O) groups is 1. The van der Waals surface area contributed by atoms with Crippen LogP contribution in [-0.4, -0.2) is 70.6 Å². The van der Waals surface area contributed by atoms with Crippen LogP contribution in [0.4, 0.5) is 8.78 Å². The Morgan fingerprint density at radius 1 is 1.29 bits per heavy atom. The fourth-order valence-electron chi connectivity index (χ4n) is 2.94. The third-order valence-corrected chi connectivity index (χ3v) is 6.36. The standard InChI is InChI=1S/C18H27F2N3O4S/c1-14(2)27-11-3-6-21-18(24)13-22-7-9-23(10-8-22)28(25,26)17-12-15(19)4-5-16(17)20/h4-5,12,14H,3,6-11,13H2,1-2H3,(H,21,24)/p+1. The van der Waals surface area contributed by atoms with Gasteiger partial charge in [-0.25, -0.2) is 17.2 Å². The van der Waals surface area contributed by atoms with Crippen LogP contribution in [0.25, 0.3) is 0 Å². The number of hydrogen-bond donors (Lipinski definition) is 2. The van der Waals surface area contributed by atoms with Crippen molar-refractivity contribution in [2.24, 2.45) is 0 Å². The van der Waals surface area contributed by atoms with Crippen LogP contribution in [0.1, 0.15) is 20.3 Å². The molecule has 7 nitrogen and oxygen atoms in total. The number of nitrogens with one attached hydrogen (secondary N) is 2. The second-order valence-corrected chi connectivity index (χ2v) is 8.94. The summed E-state index contributed by atoms with van der Waals surface area (Å²) in [5, 5.41) is 2.82. The zero-order valence-electron chi connectivity index (χ0n) is 16.2. The molecule has 2 rings (SSSR count). The highest BCUT2D eigenvalue weighted by Gasteiger charge is 2.33. The summed E-state index contributed by atoms with van der Waals surface area (Å²) in [7, 11) is -4.10. The first-order chi connectivity index (χ1) is 13.2. The Morgan fingerprint density at radius 2 is 1.96 bits per heavy atom. The summed E-state index contributed by atoms with van der Waals surface area (Å²) in [5.74, 6) is -1.89. The number of benzene rings is 1. The summed E-state index contributed by atoms with van der Waals surface area (Å²) in [6.07, 6.45) is 0.887. The molecule has 0 bridgehead atoms. The number of rotatable bonds is 9. The van der Waals surface area contributed by atoms with Gasteiger partial charge in [0.15, 0.2) is 6.54 Å². The first kappa shape index (κ1) is 22.7. The van der Waals surface area contributed by atoms with E-state index in [1.807, 2.05) is 13.8 Å². The third kappa shape index (κ3) is 6.47. The molecule has 1 aromatic carbocycles. The van der Waals surface area contributed by atoms with Gasteiger partial charge in [-0.15, -0.1) is 0 Å². The van der Waals surface area contributed by atoms with Crippen molar-refractivity contribution in [2.75, 3.05) is 45.9 Å². The Balaban J connectivity index is 1.79. The SMILES string of the molecule is CC(C)OCCCNC(=O)C[NH+]1CCN(S(=O)(=O)c2cc(F)ccc2F)CC1. The van der Waals surface area contributed by atoms with Crippen LogP contribution in [0.15, 0.2) is 23.1 Å². The van der Waals surface area contributed by atoms with E-state index in [2.05, 4.69) is 5.32 Å². The van der Waals surface area contributed by atoms with Crippen molar-refractivity contribution in [3.8, 4) is 0 Å². The third-order valence-electron chi connectivity index (χ3n) is 4.45. The van der Waals surface area contributed by atoms with Gasteiger partial charge >= 0.3 is 0 Å². The second kappa shape index (κ2) is 10.2. The van der Waals surface area contributed by atoms with Crippen molar-refractivity contribution >= 4 is 15.9 Å². The number of amides is 1. The van der Waals surface area contributed by atoms with E-state index < -0.39 is 26.6 Å². The second-order valence-electron chi connectivity index (χ2n) is 7.03. The van der Waals surface area contributed by atoms with Gasteiger partial charge in [0.2, 0.25) is 10.0 Å². The Kier molecular flexibility index (Phi) is 8.29. The molecule has 1 aliphatic heterocycles. The average molecular weight is 421 g/mol. The van der Waals surface area contributed by atoms with Crippen LogP contribution in [0.2, 0.25) is 0 Å². The lowest BCUT2D eigenvalue weighted by Crippen LogP contribution is -3.15. The van der Waals surface area contributed by atoms with Gasteiger partial charge in [-0.1, -0.05) is 0 Å². The maximum Gasteiger partial charge on any atom is 0.275 e. The van der Waals surface area contributed by atoms with E-state index in [0.29, 0.717) is 32.3 Å². The first-order valence-corrected chi connectivity index (χ1v) is 10.8. The lowest BCUT2D eigenvalue weighted by atomic mass is 10.3. The molecule has 158 valence electrons. The molecule has 0 atom stereocenters. The van der Waals surface area contributed by atoms with Crippen LogP contribution in [0.5, 0.6) is 0 Å². The minimum Gasteiger partial charge on any atom is -0.379 e. The molecule has 1 fully saturated rings. The first-order valence-electron chi connectivity index (χ1n) is 9.37. The number of sulfonamides is 1. The van der Waals surface area contributed by atoms with Crippen molar-refractivity contribution in [1.82, 2.24) is 9.62 Å². The van der Waals surface area contributed by atoms with Crippen molar-refractivity contribution in [3.63, 3.8) is 0 Å². The highest BCUT2D eigenvalue weighted by Crippen LogP contribution is 2.20. The Bertz CT molecular complexity index is 766. The van der Waals surface area contributed by atoms with Crippen molar-refractivity contribution in [1.29, 1.82) is 0 Å². The molecule has 0 unspecified atom stereocenters. The number of quaternary nitrogens is 1. The predicted molar refractivity (Wildman–Crippen MR) is 99.4 cm³/mol. The van der Waals surface area contributed by atoms with Gasteiger partial charge in [0, 0.05) is 13.2 Å². The van der Waals surface area contributed by atoms with E-state index in [0.717, 1.165) is 27.8 Å². The van der Waals surface area contributed by atoms with Gasteiger partial charge in [-0.3, -0.25) is 4.79 Å². The summed E-state index contributed by atoms with van der Waals surface area (Å²) in [4.78, 5) is 12.3. The van der Waals surface area contributed by atoms with Gasteiger partial charge in [0.05, 0.1) is 32.3 Å². The summed E-state index contributed by atoms with van der Waals surface area (Å²) in [5.41, 5.74) is 0. The van der Waals surface area contributed by atoms with Crippen LogP contribution >= 0.6 is 0 Å². The van der Waals surface area contributed by atoms with Crippen molar-refractivity contribution in [3.05, 3.63) is 29.8 Å². The van der Waals surface area contributed by atoms with Crippen molar-refractivity contribution in [2.45, 2.75) is 31.3 Å². The lowest BCUT2D eigenvalue weighted by Gasteiger charge is -2.31. The average Bonchev–Trinajstić information content (AvgIpc) is 2.63. The molecule has 0 radical (unpaired) electrons. The minimum absolute atomic E-state index is 0.105. The summed E-state index contributed by atoms with van der Waals surface area (Å²) in [6, 6.07) is 2.38. The zero-order chi connectivity index (χ0) is 20.7. The van der Waals surface area contributed by atoms with Crippen molar-refractivity contribution < 1.29 is 31.6 Å². The number of carbonyl (C=O) groups excluding carboxylic acids is 1. The quantitative estimate of drug-likeness (QED) is 0.542. The molecule has 0 aromatic heterocycles. The smallest absolute Gasteiger partial charge is 0.275 e.